The summed E-state index contributed by atoms with van der Waals surface area (Å²) in [6.07, 6.45) is -3.14. The first-order valence-corrected chi connectivity index (χ1v) is 13.7. The molecule has 0 saturated heterocycles. The summed E-state index contributed by atoms with van der Waals surface area (Å²) < 4.78 is 44.5. The van der Waals surface area contributed by atoms with E-state index in [1.807, 2.05) is 19.9 Å². The maximum atomic E-state index is 13.1. The fourth-order valence-electron chi connectivity index (χ4n) is 4.22. The van der Waals surface area contributed by atoms with Crippen molar-refractivity contribution in [1.29, 1.82) is 0 Å². The van der Waals surface area contributed by atoms with Crippen molar-refractivity contribution in [3.8, 4) is 0 Å². The molecule has 1 amide bonds. The summed E-state index contributed by atoms with van der Waals surface area (Å²) in [5.74, 6) is -1.22. The lowest BCUT2D eigenvalue weighted by atomic mass is 9.82. The average Bonchev–Trinajstić information content (AvgIpc) is 2.78. The van der Waals surface area contributed by atoms with Crippen LogP contribution in [0, 0.1) is 0 Å². The molecule has 0 spiro atoms. The number of amides is 1. The van der Waals surface area contributed by atoms with Crippen molar-refractivity contribution in [3.63, 3.8) is 0 Å². The highest BCUT2D eigenvalue weighted by atomic mass is 35.5. The minimum absolute atomic E-state index is 0.0916. The lowest BCUT2D eigenvalue weighted by Crippen LogP contribution is -2.55. The minimum atomic E-state index is -4.42. The maximum Gasteiger partial charge on any atom is 0.416 e. The quantitative estimate of drug-likeness (QED) is 0.281. The highest BCUT2D eigenvalue weighted by molar-refractivity contribution is 7.99. The monoisotopic (exact) mass is 573 g/mol. The Hall–Kier alpha value is -2.39. The molecular weight excluding hydrogens is 539 g/mol. The first-order chi connectivity index (χ1) is 17.6. The SMILES string of the molecule is CCCC(CCC(CC)c1ccc(Sc2cccc(C(F)(F)F)c2)cc1Cl)(NC(=O)OC(C)(C)C)C(=O)O. The fourth-order valence-corrected chi connectivity index (χ4v) is 5.53. The smallest absolute Gasteiger partial charge is 0.416 e. The van der Waals surface area contributed by atoms with Gasteiger partial charge in [0.2, 0.25) is 0 Å². The summed E-state index contributed by atoms with van der Waals surface area (Å²) in [7, 11) is 0. The third-order valence-corrected chi connectivity index (χ3v) is 7.35. The highest BCUT2D eigenvalue weighted by Gasteiger charge is 2.40. The Morgan fingerprint density at radius 1 is 1.05 bits per heavy atom. The number of ether oxygens (including phenoxy) is 1. The van der Waals surface area contributed by atoms with Crippen LogP contribution in [0.15, 0.2) is 52.3 Å². The second kappa shape index (κ2) is 13.1. The first-order valence-electron chi connectivity index (χ1n) is 12.5. The zero-order valence-electron chi connectivity index (χ0n) is 22.2. The van der Waals surface area contributed by atoms with Gasteiger partial charge in [-0.3, -0.25) is 0 Å². The molecule has 0 bridgehead atoms. The first kappa shape index (κ1) is 31.8. The number of nitrogens with one attached hydrogen (secondary N) is 1. The molecule has 0 radical (unpaired) electrons. The molecule has 10 heteroatoms. The Balaban J connectivity index is 2.22. The van der Waals surface area contributed by atoms with E-state index in [4.69, 9.17) is 16.3 Å². The van der Waals surface area contributed by atoms with Crippen LogP contribution in [0.4, 0.5) is 18.0 Å². The number of alkyl carbamates (subject to hydrolysis) is 1. The molecule has 0 aliphatic carbocycles. The number of alkyl halides is 3. The van der Waals surface area contributed by atoms with Crippen molar-refractivity contribution in [1.82, 2.24) is 5.32 Å². The minimum Gasteiger partial charge on any atom is -0.480 e. The molecule has 38 heavy (non-hydrogen) atoms. The van der Waals surface area contributed by atoms with Crippen molar-refractivity contribution in [3.05, 3.63) is 58.6 Å². The van der Waals surface area contributed by atoms with Gasteiger partial charge in [0.1, 0.15) is 11.1 Å². The number of hydrogen-bond donors (Lipinski definition) is 2. The fraction of sp³-hybridized carbons (Fsp3) is 0.500. The number of carboxylic acid groups (broad SMARTS) is 1. The molecular formula is C28H35ClF3NO4S. The second-order valence-electron chi connectivity index (χ2n) is 10.2. The van der Waals surface area contributed by atoms with Gasteiger partial charge in [-0.05, 0) is 88.3 Å². The number of benzene rings is 2. The molecule has 2 aromatic carbocycles. The molecule has 0 heterocycles. The number of halogens is 4. The zero-order chi connectivity index (χ0) is 28.7. The molecule has 5 nitrogen and oxygen atoms in total. The summed E-state index contributed by atoms with van der Waals surface area (Å²) >= 11 is 7.78. The van der Waals surface area contributed by atoms with E-state index in [0.29, 0.717) is 34.1 Å². The van der Waals surface area contributed by atoms with Crippen LogP contribution < -0.4 is 5.32 Å². The molecule has 2 N–H and O–H groups in total. The third kappa shape index (κ3) is 9.12. The summed E-state index contributed by atoms with van der Waals surface area (Å²) in [6, 6.07) is 10.4. The van der Waals surface area contributed by atoms with E-state index in [1.165, 1.54) is 17.8 Å². The average molecular weight is 574 g/mol. The number of carboxylic acids is 1. The lowest BCUT2D eigenvalue weighted by Gasteiger charge is -2.33. The van der Waals surface area contributed by atoms with Crippen LogP contribution in [-0.4, -0.2) is 28.3 Å². The van der Waals surface area contributed by atoms with Crippen molar-refractivity contribution >= 4 is 35.4 Å². The van der Waals surface area contributed by atoms with Crippen LogP contribution in [0.3, 0.4) is 0 Å². The van der Waals surface area contributed by atoms with E-state index in [0.717, 1.165) is 17.7 Å². The molecule has 2 atom stereocenters. The summed E-state index contributed by atoms with van der Waals surface area (Å²) in [5, 5.41) is 13.1. The Labute approximate surface area is 231 Å². The van der Waals surface area contributed by atoms with E-state index in [9.17, 15) is 27.9 Å². The summed E-state index contributed by atoms with van der Waals surface area (Å²) in [4.78, 5) is 25.9. The molecule has 0 aromatic heterocycles. The van der Waals surface area contributed by atoms with Gasteiger partial charge in [-0.1, -0.05) is 55.8 Å². The van der Waals surface area contributed by atoms with Crippen LogP contribution in [0.1, 0.15) is 83.8 Å². The van der Waals surface area contributed by atoms with Gasteiger partial charge in [-0.25, -0.2) is 9.59 Å². The van der Waals surface area contributed by atoms with Crippen LogP contribution in [0.2, 0.25) is 5.02 Å². The normalized spacial score (nSPS) is 14.4. The number of carbonyl (C=O) groups excluding carboxylic acids is 1. The molecule has 2 unspecified atom stereocenters. The summed E-state index contributed by atoms with van der Waals surface area (Å²) in [5.41, 5.74) is -2.16. The lowest BCUT2D eigenvalue weighted by molar-refractivity contribution is -0.145. The Morgan fingerprint density at radius 3 is 2.24 bits per heavy atom. The molecule has 2 rings (SSSR count). The van der Waals surface area contributed by atoms with Crippen LogP contribution in [0.25, 0.3) is 0 Å². The molecule has 0 saturated carbocycles. The van der Waals surface area contributed by atoms with E-state index in [-0.39, 0.29) is 18.8 Å². The van der Waals surface area contributed by atoms with Gasteiger partial charge in [0.15, 0.2) is 0 Å². The van der Waals surface area contributed by atoms with Gasteiger partial charge in [0, 0.05) is 14.8 Å². The van der Waals surface area contributed by atoms with Gasteiger partial charge in [-0.2, -0.15) is 13.2 Å². The molecule has 0 fully saturated rings. The van der Waals surface area contributed by atoms with Crippen LogP contribution in [0.5, 0.6) is 0 Å². The number of aliphatic carboxylic acids is 1. The van der Waals surface area contributed by atoms with E-state index in [1.54, 1.807) is 39.0 Å². The molecule has 0 aliphatic rings. The Kier molecular flexibility index (Phi) is 11.0. The topological polar surface area (TPSA) is 75.6 Å². The van der Waals surface area contributed by atoms with E-state index < -0.39 is 34.9 Å². The summed E-state index contributed by atoms with van der Waals surface area (Å²) in [6.45, 7) is 8.94. The third-order valence-electron chi connectivity index (χ3n) is 6.05. The van der Waals surface area contributed by atoms with Gasteiger partial charge in [-0.15, -0.1) is 0 Å². The van der Waals surface area contributed by atoms with E-state index >= 15 is 0 Å². The second-order valence-corrected chi connectivity index (χ2v) is 11.8. The maximum absolute atomic E-state index is 13.1. The Morgan fingerprint density at radius 2 is 1.71 bits per heavy atom. The van der Waals surface area contributed by atoms with Crippen molar-refractivity contribution < 1.29 is 32.6 Å². The van der Waals surface area contributed by atoms with Gasteiger partial charge < -0.3 is 15.2 Å². The molecule has 2 aromatic rings. The van der Waals surface area contributed by atoms with Crippen molar-refractivity contribution in [2.45, 2.75) is 99.7 Å². The Bertz CT molecular complexity index is 1120. The number of rotatable bonds is 11. The predicted molar refractivity (Wildman–Crippen MR) is 144 cm³/mol. The largest absolute Gasteiger partial charge is 0.480 e. The molecule has 0 aliphatic heterocycles. The zero-order valence-corrected chi connectivity index (χ0v) is 23.8. The van der Waals surface area contributed by atoms with Crippen LogP contribution in [-0.2, 0) is 15.7 Å². The highest BCUT2D eigenvalue weighted by Crippen LogP contribution is 2.39. The van der Waals surface area contributed by atoms with Crippen molar-refractivity contribution in [2.24, 2.45) is 0 Å². The van der Waals surface area contributed by atoms with Crippen molar-refractivity contribution in [2.75, 3.05) is 0 Å². The number of hydrogen-bond acceptors (Lipinski definition) is 4. The van der Waals surface area contributed by atoms with Crippen LogP contribution >= 0.6 is 23.4 Å². The van der Waals surface area contributed by atoms with Gasteiger partial charge in [0.25, 0.3) is 0 Å². The van der Waals surface area contributed by atoms with Gasteiger partial charge >= 0.3 is 18.2 Å². The predicted octanol–water partition coefficient (Wildman–Crippen LogP) is 8.93. The van der Waals surface area contributed by atoms with Gasteiger partial charge in [0.05, 0.1) is 5.56 Å². The molecule has 210 valence electrons. The standard InChI is InChI=1S/C28H35ClF3NO4S/c1-6-14-27(24(34)35,33-25(36)37-26(3,4)5)15-13-18(7-2)22-12-11-21(17-23(22)29)38-20-10-8-9-19(16-20)28(30,31)32/h8-12,16-18H,6-7,13-15H2,1-5H3,(H,33,36)(H,34,35). The van der Waals surface area contributed by atoms with E-state index in [2.05, 4.69) is 5.32 Å². The number of carbonyl (C=O) groups is 2.